The van der Waals surface area contributed by atoms with Gasteiger partial charge in [-0.3, -0.25) is 9.59 Å². The highest BCUT2D eigenvalue weighted by atomic mass is 32.2. The van der Waals surface area contributed by atoms with Crippen molar-refractivity contribution in [3.05, 3.63) is 71.8 Å². The lowest BCUT2D eigenvalue weighted by molar-refractivity contribution is -0.138. The Morgan fingerprint density at radius 1 is 1.04 bits per heavy atom. The van der Waals surface area contributed by atoms with Gasteiger partial charge in [0.15, 0.2) is 0 Å². The van der Waals surface area contributed by atoms with Crippen LogP contribution in [0.3, 0.4) is 0 Å². The van der Waals surface area contributed by atoms with Crippen molar-refractivity contribution in [3.63, 3.8) is 0 Å². The van der Waals surface area contributed by atoms with Crippen LogP contribution in [-0.2, 0) is 21.2 Å². The Hall–Kier alpha value is -3.23. The molecule has 1 amide bonds. The lowest BCUT2D eigenvalue weighted by Crippen LogP contribution is -2.42. The van der Waals surface area contributed by atoms with E-state index in [2.05, 4.69) is 10.0 Å². The van der Waals surface area contributed by atoms with Gasteiger partial charge >= 0.3 is 5.97 Å². The Bertz CT molecular complexity index is 1210. The summed E-state index contributed by atoms with van der Waals surface area (Å²) in [7, 11) is -4.14. The lowest BCUT2D eigenvalue weighted by atomic mass is 10.1. The number of nitrogens with one attached hydrogen (secondary N) is 2. The van der Waals surface area contributed by atoms with Crippen LogP contribution in [0.5, 0.6) is 0 Å². The zero-order chi connectivity index (χ0) is 19.9. The standard InChI is InChI=1S/C20H16N2O5S/c23-19-14-8-4-7-13-17(10-9-15(21-19)18(13)14)28(26,27)22-16(20(24)25)11-12-5-2-1-3-6-12/h1-10,16,22H,11H2,(H,21,23)(H,24,25)/t16-/m0/s1. The van der Waals surface area contributed by atoms with Crippen LogP contribution in [0.2, 0.25) is 0 Å². The number of amides is 1. The maximum atomic E-state index is 13.0. The van der Waals surface area contributed by atoms with Crippen molar-refractivity contribution >= 4 is 38.4 Å². The van der Waals surface area contributed by atoms with Gasteiger partial charge in [0.05, 0.1) is 4.90 Å². The Labute approximate surface area is 161 Å². The van der Waals surface area contributed by atoms with Crippen LogP contribution < -0.4 is 10.0 Å². The van der Waals surface area contributed by atoms with Crippen molar-refractivity contribution in [2.45, 2.75) is 17.4 Å². The van der Waals surface area contributed by atoms with Gasteiger partial charge in [-0.2, -0.15) is 4.72 Å². The summed E-state index contributed by atoms with van der Waals surface area (Å²) in [5.41, 5.74) is 1.63. The van der Waals surface area contributed by atoms with Crippen molar-refractivity contribution in [1.82, 2.24) is 4.72 Å². The third-order valence-electron chi connectivity index (χ3n) is 4.66. The Kier molecular flexibility index (Phi) is 4.37. The maximum absolute atomic E-state index is 13.0. The van der Waals surface area contributed by atoms with Crippen molar-refractivity contribution in [2.75, 3.05) is 5.32 Å². The van der Waals surface area contributed by atoms with Gasteiger partial charge in [0.1, 0.15) is 6.04 Å². The number of rotatable bonds is 6. The van der Waals surface area contributed by atoms with Crippen LogP contribution in [-0.4, -0.2) is 31.4 Å². The first-order valence-electron chi connectivity index (χ1n) is 8.53. The fourth-order valence-corrected chi connectivity index (χ4v) is 4.77. The summed E-state index contributed by atoms with van der Waals surface area (Å²) < 4.78 is 28.3. The quantitative estimate of drug-likeness (QED) is 0.592. The summed E-state index contributed by atoms with van der Waals surface area (Å²) in [4.78, 5) is 23.6. The molecule has 0 saturated carbocycles. The SMILES string of the molecule is O=C1Nc2ccc(S(=O)(=O)N[C@@H](Cc3ccccc3)C(=O)O)c3cccc1c23. The monoisotopic (exact) mass is 396 g/mol. The molecular formula is C20H16N2O5S. The molecule has 142 valence electrons. The molecular weight excluding hydrogens is 380 g/mol. The van der Waals surface area contributed by atoms with Gasteiger partial charge in [0.25, 0.3) is 5.91 Å². The highest BCUT2D eigenvalue weighted by molar-refractivity contribution is 7.89. The fraction of sp³-hybridized carbons (Fsp3) is 0.100. The Morgan fingerprint density at radius 2 is 1.79 bits per heavy atom. The van der Waals surface area contributed by atoms with Crippen LogP contribution in [0.25, 0.3) is 10.8 Å². The van der Waals surface area contributed by atoms with Gasteiger partial charge in [0.2, 0.25) is 10.0 Å². The number of anilines is 1. The second-order valence-corrected chi connectivity index (χ2v) is 8.18. The number of carboxylic acid groups (broad SMARTS) is 1. The first-order chi connectivity index (χ1) is 13.4. The number of hydrogen-bond donors (Lipinski definition) is 3. The van der Waals surface area contributed by atoms with Gasteiger partial charge in [-0.1, -0.05) is 42.5 Å². The van der Waals surface area contributed by atoms with Crippen molar-refractivity contribution in [3.8, 4) is 0 Å². The number of aliphatic carboxylic acids is 1. The van der Waals surface area contributed by atoms with Crippen LogP contribution >= 0.6 is 0 Å². The Balaban J connectivity index is 1.73. The number of carboxylic acids is 1. The number of hydrogen-bond acceptors (Lipinski definition) is 4. The smallest absolute Gasteiger partial charge is 0.322 e. The minimum atomic E-state index is -4.14. The molecule has 0 spiro atoms. The molecule has 0 aromatic heterocycles. The highest BCUT2D eigenvalue weighted by Gasteiger charge is 2.29. The molecule has 28 heavy (non-hydrogen) atoms. The number of carbonyl (C=O) groups is 2. The predicted molar refractivity (Wildman–Crippen MR) is 104 cm³/mol. The second kappa shape index (κ2) is 6.74. The van der Waals surface area contributed by atoms with E-state index in [9.17, 15) is 23.1 Å². The van der Waals surface area contributed by atoms with E-state index in [0.717, 1.165) is 0 Å². The molecule has 1 aliphatic heterocycles. The molecule has 4 rings (SSSR count). The van der Waals surface area contributed by atoms with Crippen molar-refractivity contribution in [1.29, 1.82) is 0 Å². The minimum absolute atomic E-state index is 0.0106. The van der Waals surface area contributed by atoms with E-state index in [1.807, 2.05) is 0 Å². The summed E-state index contributed by atoms with van der Waals surface area (Å²) >= 11 is 0. The van der Waals surface area contributed by atoms with E-state index in [0.29, 0.717) is 27.6 Å². The molecule has 3 N–H and O–H groups in total. The van der Waals surface area contributed by atoms with E-state index < -0.39 is 22.0 Å². The molecule has 0 unspecified atom stereocenters. The van der Waals surface area contributed by atoms with Crippen LogP contribution in [0.15, 0.2) is 65.6 Å². The van der Waals surface area contributed by atoms with Crippen LogP contribution in [0, 0.1) is 0 Å². The van der Waals surface area contributed by atoms with E-state index in [4.69, 9.17) is 0 Å². The molecule has 3 aromatic rings. The van der Waals surface area contributed by atoms with E-state index in [1.54, 1.807) is 48.5 Å². The maximum Gasteiger partial charge on any atom is 0.322 e. The molecule has 0 aliphatic carbocycles. The van der Waals surface area contributed by atoms with Gasteiger partial charge in [-0.05, 0) is 30.2 Å². The van der Waals surface area contributed by atoms with E-state index >= 15 is 0 Å². The molecule has 3 aromatic carbocycles. The topological polar surface area (TPSA) is 113 Å². The lowest BCUT2D eigenvalue weighted by Gasteiger charge is -2.16. The molecule has 1 aliphatic rings. The average Bonchev–Trinajstić information content (AvgIpc) is 2.99. The van der Waals surface area contributed by atoms with Gasteiger partial charge in [-0.15, -0.1) is 0 Å². The van der Waals surface area contributed by atoms with Crippen molar-refractivity contribution in [2.24, 2.45) is 0 Å². The predicted octanol–water partition coefficient (Wildman–Crippen LogP) is 2.38. The van der Waals surface area contributed by atoms with Gasteiger partial charge in [0, 0.05) is 22.0 Å². The largest absolute Gasteiger partial charge is 0.480 e. The summed E-state index contributed by atoms with van der Waals surface area (Å²) in [6.07, 6.45) is 0.0106. The van der Waals surface area contributed by atoms with Gasteiger partial charge in [-0.25, -0.2) is 8.42 Å². The highest BCUT2D eigenvalue weighted by Crippen LogP contribution is 2.36. The summed E-state index contributed by atoms with van der Waals surface area (Å²) in [5.74, 6) is -1.56. The zero-order valence-corrected chi connectivity index (χ0v) is 15.4. The minimum Gasteiger partial charge on any atom is -0.480 e. The van der Waals surface area contributed by atoms with Crippen LogP contribution in [0.4, 0.5) is 5.69 Å². The Morgan fingerprint density at radius 3 is 2.50 bits per heavy atom. The molecule has 7 nitrogen and oxygen atoms in total. The number of carbonyl (C=O) groups excluding carboxylic acids is 1. The molecule has 0 fully saturated rings. The first kappa shape index (κ1) is 18.1. The molecule has 8 heteroatoms. The molecule has 0 bridgehead atoms. The fourth-order valence-electron chi connectivity index (χ4n) is 3.38. The molecule has 0 saturated heterocycles. The van der Waals surface area contributed by atoms with E-state index in [1.165, 1.54) is 12.1 Å². The first-order valence-corrected chi connectivity index (χ1v) is 10.0. The molecule has 0 radical (unpaired) electrons. The van der Waals surface area contributed by atoms with Crippen molar-refractivity contribution < 1.29 is 23.1 Å². The van der Waals surface area contributed by atoms with Gasteiger partial charge < -0.3 is 10.4 Å². The number of benzene rings is 3. The average molecular weight is 396 g/mol. The number of sulfonamides is 1. The molecule has 1 heterocycles. The summed E-state index contributed by atoms with van der Waals surface area (Å²) in [6.45, 7) is 0. The summed E-state index contributed by atoms with van der Waals surface area (Å²) in [6, 6.07) is 15.2. The third-order valence-corrected chi connectivity index (χ3v) is 6.19. The zero-order valence-electron chi connectivity index (χ0n) is 14.5. The third kappa shape index (κ3) is 3.12. The summed E-state index contributed by atoms with van der Waals surface area (Å²) in [5, 5.41) is 13.1. The normalized spacial score (nSPS) is 14.1. The van der Waals surface area contributed by atoms with E-state index in [-0.39, 0.29) is 17.2 Å². The molecule has 1 atom stereocenters. The van der Waals surface area contributed by atoms with Crippen LogP contribution in [0.1, 0.15) is 15.9 Å². The second-order valence-electron chi connectivity index (χ2n) is 6.50.